The summed E-state index contributed by atoms with van der Waals surface area (Å²) in [4.78, 5) is 25.1. The Balaban J connectivity index is 1.63. The van der Waals surface area contributed by atoms with Gasteiger partial charge in [0.1, 0.15) is 10.6 Å². The molecule has 0 fully saturated rings. The molecule has 0 atom stereocenters. The first-order chi connectivity index (χ1) is 15.1. The number of ether oxygens (including phenoxy) is 3. The molecule has 2 aromatic carbocycles. The van der Waals surface area contributed by atoms with Crippen molar-refractivity contribution in [3.8, 4) is 22.6 Å². The summed E-state index contributed by atoms with van der Waals surface area (Å²) in [7, 11) is 1.58. The summed E-state index contributed by atoms with van der Waals surface area (Å²) in [5.41, 5.74) is 2.03. The van der Waals surface area contributed by atoms with Crippen LogP contribution in [0.4, 0.5) is 5.00 Å². The van der Waals surface area contributed by atoms with E-state index < -0.39 is 5.97 Å². The standard InChI is InChI=1S/C24H25NO5S/c1-3-29-24(27)22-18(17-10-5-4-6-11-17)16-31-23(22)25-21(26)14-9-15-30-20-13-8-7-12-19(20)28-2/h4-8,10-13,16H,3,9,14-15H2,1-2H3,(H,25,26). The van der Waals surface area contributed by atoms with Gasteiger partial charge in [-0.05, 0) is 31.0 Å². The van der Waals surface area contributed by atoms with E-state index in [0.29, 0.717) is 35.1 Å². The van der Waals surface area contributed by atoms with E-state index in [0.717, 1.165) is 11.1 Å². The van der Waals surface area contributed by atoms with Crippen LogP contribution in [0.15, 0.2) is 60.0 Å². The van der Waals surface area contributed by atoms with E-state index in [1.807, 2.05) is 60.0 Å². The van der Waals surface area contributed by atoms with Crippen molar-refractivity contribution in [2.24, 2.45) is 0 Å². The minimum absolute atomic E-state index is 0.185. The van der Waals surface area contributed by atoms with E-state index in [4.69, 9.17) is 14.2 Å². The first-order valence-corrected chi connectivity index (χ1v) is 10.9. The molecule has 162 valence electrons. The Morgan fingerprint density at radius 3 is 2.42 bits per heavy atom. The predicted molar refractivity (Wildman–Crippen MR) is 122 cm³/mol. The van der Waals surface area contributed by atoms with Gasteiger partial charge in [0.2, 0.25) is 5.91 Å². The van der Waals surface area contributed by atoms with Gasteiger partial charge < -0.3 is 19.5 Å². The molecular weight excluding hydrogens is 414 g/mol. The van der Waals surface area contributed by atoms with Gasteiger partial charge in [-0.25, -0.2) is 4.79 Å². The third-order valence-corrected chi connectivity index (χ3v) is 5.38. The summed E-state index contributed by atoms with van der Waals surface area (Å²) in [6.45, 7) is 2.39. The lowest BCUT2D eigenvalue weighted by molar-refractivity contribution is -0.116. The summed E-state index contributed by atoms with van der Waals surface area (Å²) in [5.74, 6) is 0.659. The Kier molecular flexibility index (Phi) is 8.06. The molecule has 1 aromatic heterocycles. The minimum Gasteiger partial charge on any atom is -0.493 e. The quantitative estimate of drug-likeness (QED) is 0.338. The van der Waals surface area contributed by atoms with Gasteiger partial charge in [-0.1, -0.05) is 42.5 Å². The summed E-state index contributed by atoms with van der Waals surface area (Å²) in [5, 5.41) is 5.22. The lowest BCUT2D eigenvalue weighted by Crippen LogP contribution is -2.15. The van der Waals surface area contributed by atoms with Crippen molar-refractivity contribution in [2.75, 3.05) is 25.6 Å². The number of carbonyl (C=O) groups is 2. The van der Waals surface area contributed by atoms with Crippen molar-refractivity contribution < 1.29 is 23.8 Å². The second-order valence-electron chi connectivity index (χ2n) is 6.59. The van der Waals surface area contributed by atoms with Crippen LogP contribution in [0.3, 0.4) is 0 Å². The molecule has 0 aliphatic rings. The third-order valence-electron chi connectivity index (χ3n) is 4.48. The van der Waals surface area contributed by atoms with Crippen LogP contribution in [-0.2, 0) is 9.53 Å². The molecule has 0 saturated heterocycles. The van der Waals surface area contributed by atoms with Gasteiger partial charge in [0.15, 0.2) is 11.5 Å². The lowest BCUT2D eigenvalue weighted by atomic mass is 10.0. The van der Waals surface area contributed by atoms with Crippen LogP contribution in [0.25, 0.3) is 11.1 Å². The molecule has 6 nitrogen and oxygen atoms in total. The van der Waals surface area contributed by atoms with Crippen molar-refractivity contribution >= 4 is 28.2 Å². The van der Waals surface area contributed by atoms with Crippen LogP contribution in [0, 0.1) is 0 Å². The molecule has 31 heavy (non-hydrogen) atoms. The monoisotopic (exact) mass is 439 g/mol. The fourth-order valence-electron chi connectivity index (χ4n) is 3.03. The number of rotatable bonds is 10. The van der Waals surface area contributed by atoms with Gasteiger partial charge in [0.05, 0.1) is 20.3 Å². The van der Waals surface area contributed by atoms with Crippen LogP contribution in [0.2, 0.25) is 0 Å². The maximum atomic E-state index is 12.6. The second-order valence-corrected chi connectivity index (χ2v) is 7.47. The second kappa shape index (κ2) is 11.2. The van der Waals surface area contributed by atoms with E-state index in [1.54, 1.807) is 14.0 Å². The molecule has 0 spiro atoms. The molecule has 0 radical (unpaired) electrons. The Morgan fingerprint density at radius 1 is 1.00 bits per heavy atom. The molecule has 0 aliphatic heterocycles. The van der Waals surface area contributed by atoms with Crippen LogP contribution in [0.5, 0.6) is 11.5 Å². The van der Waals surface area contributed by atoms with E-state index in [2.05, 4.69) is 5.32 Å². The highest BCUT2D eigenvalue weighted by Crippen LogP contribution is 2.36. The van der Waals surface area contributed by atoms with E-state index in [1.165, 1.54) is 11.3 Å². The fourth-order valence-corrected chi connectivity index (χ4v) is 4.00. The van der Waals surface area contributed by atoms with Gasteiger partial charge in [-0.15, -0.1) is 11.3 Å². The van der Waals surface area contributed by atoms with Gasteiger partial charge in [-0.2, -0.15) is 0 Å². The van der Waals surface area contributed by atoms with Gasteiger partial charge in [0, 0.05) is 17.4 Å². The molecule has 1 heterocycles. The molecule has 3 rings (SSSR count). The SMILES string of the molecule is CCOC(=O)c1c(-c2ccccc2)csc1NC(=O)CCCOc1ccccc1OC. The van der Waals surface area contributed by atoms with Crippen LogP contribution in [0.1, 0.15) is 30.1 Å². The number of hydrogen-bond donors (Lipinski definition) is 1. The van der Waals surface area contributed by atoms with Crippen molar-refractivity contribution in [1.29, 1.82) is 0 Å². The van der Waals surface area contributed by atoms with Gasteiger partial charge >= 0.3 is 5.97 Å². The minimum atomic E-state index is -0.447. The molecule has 3 aromatic rings. The molecule has 0 unspecified atom stereocenters. The molecule has 7 heteroatoms. The molecule has 1 N–H and O–H groups in total. The van der Waals surface area contributed by atoms with E-state index in [9.17, 15) is 9.59 Å². The number of nitrogens with one attached hydrogen (secondary N) is 1. The van der Waals surface area contributed by atoms with Crippen molar-refractivity contribution in [3.05, 3.63) is 65.5 Å². The zero-order valence-corrected chi connectivity index (χ0v) is 18.4. The first-order valence-electron chi connectivity index (χ1n) is 10.0. The highest BCUT2D eigenvalue weighted by Gasteiger charge is 2.22. The lowest BCUT2D eigenvalue weighted by Gasteiger charge is -2.11. The van der Waals surface area contributed by atoms with Gasteiger partial charge in [-0.3, -0.25) is 4.79 Å². The number of hydrogen-bond acceptors (Lipinski definition) is 6. The number of methoxy groups -OCH3 is 1. The Labute approximate surface area is 185 Å². The molecule has 0 saturated carbocycles. The van der Waals surface area contributed by atoms with Crippen molar-refractivity contribution in [2.45, 2.75) is 19.8 Å². The maximum absolute atomic E-state index is 12.6. The number of amides is 1. The molecule has 0 aliphatic carbocycles. The number of esters is 1. The summed E-state index contributed by atoms with van der Waals surface area (Å²) < 4.78 is 16.2. The van der Waals surface area contributed by atoms with Gasteiger partial charge in [0.25, 0.3) is 0 Å². The van der Waals surface area contributed by atoms with Crippen LogP contribution >= 0.6 is 11.3 Å². The Morgan fingerprint density at radius 2 is 1.71 bits per heavy atom. The fraction of sp³-hybridized carbons (Fsp3) is 0.250. The number of carbonyl (C=O) groups excluding carboxylic acids is 2. The number of para-hydroxylation sites is 2. The summed E-state index contributed by atoms with van der Waals surface area (Å²) in [6, 6.07) is 16.9. The zero-order chi connectivity index (χ0) is 22.1. The average molecular weight is 440 g/mol. The Bertz CT molecular complexity index is 1020. The number of benzene rings is 2. The highest BCUT2D eigenvalue weighted by atomic mass is 32.1. The van der Waals surface area contributed by atoms with Crippen molar-refractivity contribution in [3.63, 3.8) is 0 Å². The smallest absolute Gasteiger partial charge is 0.341 e. The van der Waals surface area contributed by atoms with Crippen molar-refractivity contribution in [1.82, 2.24) is 0 Å². The third kappa shape index (κ3) is 5.86. The van der Waals surface area contributed by atoms with Crippen LogP contribution < -0.4 is 14.8 Å². The van der Waals surface area contributed by atoms with E-state index in [-0.39, 0.29) is 18.9 Å². The molecule has 0 bridgehead atoms. The summed E-state index contributed by atoms with van der Waals surface area (Å²) in [6.07, 6.45) is 0.783. The van der Waals surface area contributed by atoms with Crippen LogP contribution in [-0.4, -0.2) is 32.2 Å². The zero-order valence-electron chi connectivity index (χ0n) is 17.6. The normalized spacial score (nSPS) is 10.4. The topological polar surface area (TPSA) is 73.9 Å². The average Bonchev–Trinajstić information content (AvgIpc) is 3.21. The Hall–Kier alpha value is -3.32. The maximum Gasteiger partial charge on any atom is 0.341 e. The van der Waals surface area contributed by atoms with E-state index >= 15 is 0 Å². The first kappa shape index (κ1) is 22.4. The summed E-state index contributed by atoms with van der Waals surface area (Å²) >= 11 is 1.31. The predicted octanol–water partition coefficient (Wildman–Crippen LogP) is 5.40. The number of anilines is 1. The molecular formula is C24H25NO5S. The number of thiophene rings is 1. The largest absolute Gasteiger partial charge is 0.493 e. The highest BCUT2D eigenvalue weighted by molar-refractivity contribution is 7.15. The molecule has 1 amide bonds.